The van der Waals surface area contributed by atoms with Crippen LogP contribution in [0.1, 0.15) is 38.7 Å². The van der Waals surface area contributed by atoms with E-state index < -0.39 is 5.72 Å². The molecule has 31 heavy (non-hydrogen) atoms. The van der Waals surface area contributed by atoms with Crippen LogP contribution < -0.4 is 10.5 Å². The zero-order chi connectivity index (χ0) is 21.8. The second-order valence-electron chi connectivity index (χ2n) is 9.29. The number of ether oxygens (including phenoxy) is 2. The number of nitrogens with two attached hydrogens (primary N) is 1. The van der Waals surface area contributed by atoms with Gasteiger partial charge in [-0.2, -0.15) is 0 Å². The van der Waals surface area contributed by atoms with E-state index in [4.69, 9.17) is 25.0 Å². The Morgan fingerprint density at radius 3 is 2.65 bits per heavy atom. The van der Waals surface area contributed by atoms with Crippen molar-refractivity contribution in [3.8, 4) is 16.9 Å². The predicted molar refractivity (Wildman–Crippen MR) is 116 cm³/mol. The Morgan fingerprint density at radius 1 is 1.13 bits per heavy atom. The number of rotatable bonds is 2. The zero-order valence-corrected chi connectivity index (χ0v) is 18.1. The molecule has 3 atom stereocenters. The van der Waals surface area contributed by atoms with E-state index in [1.54, 1.807) is 13.1 Å². The molecular weight excluding hydrogens is 397 g/mol. The van der Waals surface area contributed by atoms with Crippen LogP contribution in [-0.4, -0.2) is 36.4 Å². The van der Waals surface area contributed by atoms with Gasteiger partial charge in [-0.1, -0.05) is 18.2 Å². The number of benzene rings is 2. The normalized spacial score (nSPS) is 29.4. The van der Waals surface area contributed by atoms with Crippen LogP contribution in [0.4, 0.5) is 4.39 Å². The Kier molecular flexibility index (Phi) is 4.71. The Labute approximate surface area is 181 Å². The van der Waals surface area contributed by atoms with Gasteiger partial charge in [0.05, 0.1) is 11.2 Å². The van der Waals surface area contributed by atoms with E-state index in [-0.39, 0.29) is 17.5 Å². The van der Waals surface area contributed by atoms with Crippen molar-refractivity contribution in [2.75, 3.05) is 13.7 Å². The van der Waals surface area contributed by atoms with Crippen LogP contribution in [0.3, 0.4) is 0 Å². The maximum atomic E-state index is 13.8. The van der Waals surface area contributed by atoms with Crippen molar-refractivity contribution < 1.29 is 18.7 Å². The minimum atomic E-state index is -0.955. The first-order valence-corrected chi connectivity index (χ1v) is 10.7. The molecule has 3 unspecified atom stereocenters. The van der Waals surface area contributed by atoms with E-state index in [0.717, 1.165) is 35.3 Å². The average Bonchev–Trinajstić information content (AvgIpc) is 3.00. The van der Waals surface area contributed by atoms with Crippen LogP contribution in [-0.2, 0) is 15.3 Å². The van der Waals surface area contributed by atoms with Gasteiger partial charge >= 0.3 is 0 Å². The first-order valence-electron chi connectivity index (χ1n) is 10.7. The molecule has 0 amide bonds. The summed E-state index contributed by atoms with van der Waals surface area (Å²) in [4.78, 5) is 11.0. The molecule has 7 heteroatoms. The first kappa shape index (κ1) is 20.3. The lowest BCUT2D eigenvalue weighted by molar-refractivity contribution is -0.198. The molecule has 1 fully saturated rings. The van der Waals surface area contributed by atoms with E-state index in [1.807, 2.05) is 24.3 Å². The smallest absolute Gasteiger partial charge is 0.221 e. The van der Waals surface area contributed by atoms with Gasteiger partial charge in [-0.25, -0.2) is 19.3 Å². The highest BCUT2D eigenvalue weighted by molar-refractivity contribution is 5.79. The molecule has 2 aromatic carbocycles. The van der Waals surface area contributed by atoms with Crippen molar-refractivity contribution in [3.63, 3.8) is 0 Å². The van der Waals surface area contributed by atoms with Crippen molar-refractivity contribution in [1.29, 1.82) is 0 Å². The van der Waals surface area contributed by atoms with Gasteiger partial charge in [0.15, 0.2) is 0 Å². The summed E-state index contributed by atoms with van der Waals surface area (Å²) in [7, 11) is 1.76. The van der Waals surface area contributed by atoms with E-state index >= 15 is 0 Å². The molecule has 2 N–H and O–H groups in total. The van der Waals surface area contributed by atoms with Crippen LogP contribution in [0.25, 0.3) is 11.1 Å². The zero-order valence-electron chi connectivity index (χ0n) is 18.1. The Hall–Kier alpha value is -2.64. The average molecular weight is 426 g/mol. The standard InChI is InChI=1S/C24H28FN3O3/c1-23(2)13-17(9-10-29-23)21-14-24(27-22(26)28(3)31-24)19-12-16(7-8-20(19)30-21)15-5-4-6-18(25)11-15/h4-8,11-12,17,21H,9-10,13-14H2,1-3H3,(H2,26,27). The molecule has 0 bridgehead atoms. The summed E-state index contributed by atoms with van der Waals surface area (Å²) < 4.78 is 26.2. The van der Waals surface area contributed by atoms with Gasteiger partial charge < -0.3 is 15.2 Å². The number of aliphatic imine (C=N–C) groups is 1. The summed E-state index contributed by atoms with van der Waals surface area (Å²) in [5.41, 5.74) is 7.45. The molecule has 3 aliphatic rings. The quantitative estimate of drug-likeness (QED) is 0.781. The van der Waals surface area contributed by atoms with Crippen LogP contribution in [0.5, 0.6) is 5.75 Å². The van der Waals surface area contributed by atoms with Gasteiger partial charge in [-0.15, -0.1) is 0 Å². The second-order valence-corrected chi connectivity index (χ2v) is 9.29. The third-order valence-electron chi connectivity index (χ3n) is 6.48. The van der Waals surface area contributed by atoms with Gasteiger partial charge in [0, 0.05) is 26.0 Å². The summed E-state index contributed by atoms with van der Waals surface area (Å²) in [6.07, 6.45) is 2.31. The minimum Gasteiger partial charge on any atom is -0.489 e. The molecule has 5 rings (SSSR count). The second kappa shape index (κ2) is 7.21. The lowest BCUT2D eigenvalue weighted by Gasteiger charge is -2.44. The Morgan fingerprint density at radius 2 is 1.94 bits per heavy atom. The molecule has 0 aromatic heterocycles. The summed E-state index contributed by atoms with van der Waals surface area (Å²) in [5, 5.41) is 1.51. The van der Waals surface area contributed by atoms with Gasteiger partial charge in [-0.3, -0.25) is 0 Å². The highest BCUT2D eigenvalue weighted by Gasteiger charge is 2.51. The van der Waals surface area contributed by atoms with Gasteiger partial charge in [0.25, 0.3) is 0 Å². The van der Waals surface area contributed by atoms with Crippen molar-refractivity contribution in [3.05, 3.63) is 53.8 Å². The molecule has 2 aromatic rings. The van der Waals surface area contributed by atoms with Crippen molar-refractivity contribution in [1.82, 2.24) is 5.06 Å². The molecule has 1 spiro atoms. The lowest BCUT2D eigenvalue weighted by atomic mass is 9.79. The Balaban J connectivity index is 1.56. The third kappa shape index (κ3) is 3.66. The number of hydrogen-bond acceptors (Lipinski definition) is 6. The molecular formula is C24H28FN3O3. The van der Waals surface area contributed by atoms with E-state index in [2.05, 4.69) is 13.8 Å². The SMILES string of the molecule is CN1OC2(CC(C3CCOC(C)(C)C3)Oc3ccc(-c4cccc(F)c4)cc32)N=C1N. The minimum absolute atomic E-state index is 0.0706. The van der Waals surface area contributed by atoms with Crippen LogP contribution in [0.15, 0.2) is 47.5 Å². The van der Waals surface area contributed by atoms with Gasteiger partial charge in [-0.05, 0) is 62.1 Å². The lowest BCUT2D eigenvalue weighted by Crippen LogP contribution is -2.46. The highest BCUT2D eigenvalue weighted by atomic mass is 19.1. The van der Waals surface area contributed by atoms with E-state index in [0.29, 0.717) is 24.9 Å². The molecule has 1 saturated heterocycles. The predicted octanol–water partition coefficient (Wildman–Crippen LogP) is 4.19. The largest absolute Gasteiger partial charge is 0.489 e. The number of hydrogen-bond donors (Lipinski definition) is 1. The van der Waals surface area contributed by atoms with Gasteiger partial charge in [0.1, 0.15) is 17.7 Å². The van der Waals surface area contributed by atoms with Crippen LogP contribution >= 0.6 is 0 Å². The molecule has 3 heterocycles. The summed E-state index contributed by atoms with van der Waals surface area (Å²) in [6, 6.07) is 12.4. The van der Waals surface area contributed by atoms with E-state index in [1.165, 1.54) is 17.2 Å². The van der Waals surface area contributed by atoms with Crippen LogP contribution in [0, 0.1) is 11.7 Å². The number of nitrogens with zero attached hydrogens (tertiary/aromatic N) is 2. The summed E-state index contributed by atoms with van der Waals surface area (Å²) in [6.45, 7) is 4.95. The van der Waals surface area contributed by atoms with E-state index in [9.17, 15) is 4.39 Å². The third-order valence-corrected chi connectivity index (χ3v) is 6.48. The maximum Gasteiger partial charge on any atom is 0.221 e. The Bertz CT molecular complexity index is 1040. The summed E-state index contributed by atoms with van der Waals surface area (Å²) >= 11 is 0. The number of hydroxylamine groups is 2. The fraction of sp³-hybridized carbons (Fsp3) is 0.458. The highest BCUT2D eigenvalue weighted by Crippen LogP contribution is 2.49. The topological polar surface area (TPSA) is 69.3 Å². The molecule has 0 saturated carbocycles. The van der Waals surface area contributed by atoms with Crippen molar-refractivity contribution >= 4 is 5.96 Å². The van der Waals surface area contributed by atoms with Gasteiger partial charge in [0.2, 0.25) is 11.7 Å². The molecule has 0 radical (unpaired) electrons. The molecule has 0 aliphatic carbocycles. The molecule has 6 nitrogen and oxygen atoms in total. The number of guanidine groups is 1. The fourth-order valence-corrected chi connectivity index (χ4v) is 4.97. The summed E-state index contributed by atoms with van der Waals surface area (Å²) in [5.74, 6) is 1.10. The van der Waals surface area contributed by atoms with Crippen molar-refractivity contribution in [2.24, 2.45) is 16.6 Å². The monoisotopic (exact) mass is 425 g/mol. The number of halogens is 1. The fourth-order valence-electron chi connectivity index (χ4n) is 4.97. The number of fused-ring (bicyclic) bond motifs is 2. The molecule has 3 aliphatic heterocycles. The first-order chi connectivity index (χ1) is 14.7. The van der Waals surface area contributed by atoms with Crippen molar-refractivity contribution in [2.45, 2.75) is 50.5 Å². The van der Waals surface area contributed by atoms with Crippen LogP contribution in [0.2, 0.25) is 0 Å². The molecule has 164 valence electrons. The maximum absolute atomic E-state index is 13.8.